The number of hydrogen-bond donors (Lipinski definition) is 1. The van der Waals surface area contributed by atoms with Crippen molar-refractivity contribution in [3.8, 4) is 0 Å². The van der Waals surface area contributed by atoms with Gasteiger partial charge in [-0.2, -0.15) is 0 Å². The predicted molar refractivity (Wildman–Crippen MR) is 73.0 cm³/mol. The number of nitrogens with two attached hydrogens (primary N) is 1. The smallest absolute Gasteiger partial charge is 0.0772 e. The third kappa shape index (κ3) is 3.54. The van der Waals surface area contributed by atoms with E-state index in [9.17, 15) is 0 Å². The Hall–Kier alpha value is -1.39. The molecule has 0 aliphatic rings. The Kier molecular flexibility index (Phi) is 4.12. The summed E-state index contributed by atoms with van der Waals surface area (Å²) in [5.74, 6) is 0. The van der Waals surface area contributed by atoms with Crippen molar-refractivity contribution in [3.63, 3.8) is 0 Å². The lowest BCUT2D eigenvalue weighted by atomic mass is 10.2. The first-order chi connectivity index (χ1) is 8.25. The molecule has 0 atom stereocenters. The van der Waals surface area contributed by atoms with Crippen LogP contribution in [0.1, 0.15) is 10.6 Å². The quantitative estimate of drug-likeness (QED) is 0.882. The van der Waals surface area contributed by atoms with Crippen molar-refractivity contribution in [3.05, 3.63) is 46.4 Å². The van der Waals surface area contributed by atoms with Gasteiger partial charge in [0, 0.05) is 24.2 Å². The van der Waals surface area contributed by atoms with Crippen molar-refractivity contribution < 1.29 is 0 Å². The largest absolute Gasteiger partial charge is 0.397 e. The lowest BCUT2D eigenvalue weighted by Crippen LogP contribution is -2.21. The Balaban J connectivity index is 1.85. The summed E-state index contributed by atoms with van der Waals surface area (Å²) in [7, 11) is 2.10. The Morgan fingerprint density at radius 2 is 2.24 bits per heavy atom. The summed E-state index contributed by atoms with van der Waals surface area (Å²) < 4.78 is 0. The average molecular weight is 247 g/mol. The standard InChI is InChI=1S/C13H17N3S/c1-16(8-6-11-4-3-9-17-11)10-13-12(14)5-2-7-15-13/h2-5,7,9H,6,8,10,14H2,1H3. The second-order valence-corrected chi connectivity index (χ2v) is 5.14. The van der Waals surface area contributed by atoms with Gasteiger partial charge in [-0.3, -0.25) is 4.98 Å². The predicted octanol–water partition coefficient (Wildman–Crippen LogP) is 2.40. The molecule has 0 spiro atoms. The molecule has 4 heteroatoms. The fourth-order valence-corrected chi connectivity index (χ4v) is 2.37. The average Bonchev–Trinajstić information content (AvgIpc) is 2.82. The third-order valence-electron chi connectivity index (χ3n) is 2.67. The molecule has 2 aromatic rings. The van der Waals surface area contributed by atoms with Gasteiger partial charge in [0.05, 0.1) is 11.4 Å². The summed E-state index contributed by atoms with van der Waals surface area (Å²) >= 11 is 1.81. The zero-order valence-electron chi connectivity index (χ0n) is 9.97. The number of thiophene rings is 1. The molecule has 2 aromatic heterocycles. The number of pyridine rings is 1. The molecule has 0 aliphatic carbocycles. The first kappa shape index (κ1) is 12.1. The number of likely N-dealkylation sites (N-methyl/N-ethyl adjacent to an activating group) is 1. The van der Waals surface area contributed by atoms with Crippen molar-refractivity contribution in [2.75, 3.05) is 19.3 Å². The summed E-state index contributed by atoms with van der Waals surface area (Å²) in [5, 5.41) is 2.12. The van der Waals surface area contributed by atoms with Gasteiger partial charge in [0.25, 0.3) is 0 Å². The molecule has 2 rings (SSSR count). The van der Waals surface area contributed by atoms with Crippen LogP contribution < -0.4 is 5.73 Å². The number of nitrogens with zero attached hydrogens (tertiary/aromatic N) is 2. The normalized spacial score (nSPS) is 10.9. The van der Waals surface area contributed by atoms with Crippen LogP contribution >= 0.6 is 11.3 Å². The summed E-state index contributed by atoms with van der Waals surface area (Å²) in [6, 6.07) is 8.03. The van der Waals surface area contributed by atoms with Gasteiger partial charge >= 0.3 is 0 Å². The fourth-order valence-electron chi connectivity index (χ4n) is 1.67. The van der Waals surface area contributed by atoms with Gasteiger partial charge in [-0.1, -0.05) is 6.07 Å². The molecule has 0 aliphatic heterocycles. The first-order valence-corrected chi connectivity index (χ1v) is 6.54. The highest BCUT2D eigenvalue weighted by Gasteiger charge is 2.05. The lowest BCUT2D eigenvalue weighted by Gasteiger charge is -2.16. The van der Waals surface area contributed by atoms with Gasteiger partial charge in [0.2, 0.25) is 0 Å². The van der Waals surface area contributed by atoms with E-state index in [1.54, 1.807) is 6.20 Å². The van der Waals surface area contributed by atoms with Gasteiger partial charge in [-0.15, -0.1) is 11.3 Å². The van der Waals surface area contributed by atoms with E-state index in [1.807, 2.05) is 23.5 Å². The minimum Gasteiger partial charge on any atom is -0.397 e. The highest BCUT2D eigenvalue weighted by Crippen LogP contribution is 2.12. The molecule has 2 N–H and O–H groups in total. The maximum Gasteiger partial charge on any atom is 0.0772 e. The van der Waals surface area contributed by atoms with Crippen molar-refractivity contribution in [1.82, 2.24) is 9.88 Å². The minimum atomic E-state index is 0.774. The molecule has 0 saturated carbocycles. The highest BCUT2D eigenvalue weighted by molar-refractivity contribution is 7.09. The molecule has 17 heavy (non-hydrogen) atoms. The number of nitrogen functional groups attached to an aromatic ring is 1. The van der Waals surface area contributed by atoms with E-state index in [-0.39, 0.29) is 0 Å². The fraction of sp³-hybridized carbons (Fsp3) is 0.308. The van der Waals surface area contributed by atoms with Crippen molar-refractivity contribution in [2.45, 2.75) is 13.0 Å². The van der Waals surface area contributed by atoms with Crippen LogP contribution in [0.2, 0.25) is 0 Å². The van der Waals surface area contributed by atoms with Crippen LogP contribution in [0.3, 0.4) is 0 Å². The SMILES string of the molecule is CN(CCc1cccs1)Cc1ncccc1N. The third-order valence-corrected chi connectivity index (χ3v) is 3.60. The van der Waals surface area contributed by atoms with Gasteiger partial charge in [-0.25, -0.2) is 0 Å². The van der Waals surface area contributed by atoms with E-state index in [0.29, 0.717) is 0 Å². The van der Waals surface area contributed by atoms with Crippen molar-refractivity contribution >= 4 is 17.0 Å². The van der Waals surface area contributed by atoms with Gasteiger partial charge in [0.1, 0.15) is 0 Å². The van der Waals surface area contributed by atoms with E-state index in [1.165, 1.54) is 4.88 Å². The molecular weight excluding hydrogens is 230 g/mol. The molecular formula is C13H17N3S. The zero-order chi connectivity index (χ0) is 12.1. The van der Waals surface area contributed by atoms with Gasteiger partial charge in [0.15, 0.2) is 0 Å². The van der Waals surface area contributed by atoms with Crippen LogP contribution in [-0.2, 0) is 13.0 Å². The Morgan fingerprint density at radius 3 is 2.94 bits per heavy atom. The molecule has 2 heterocycles. The monoisotopic (exact) mass is 247 g/mol. The number of hydrogen-bond acceptors (Lipinski definition) is 4. The first-order valence-electron chi connectivity index (χ1n) is 5.66. The van der Waals surface area contributed by atoms with Crippen molar-refractivity contribution in [2.24, 2.45) is 0 Å². The number of anilines is 1. The molecule has 0 fully saturated rings. The Bertz CT molecular complexity index is 453. The van der Waals surface area contributed by atoms with E-state index in [2.05, 4.69) is 34.4 Å². The summed E-state index contributed by atoms with van der Waals surface area (Å²) in [6.07, 6.45) is 2.87. The second kappa shape index (κ2) is 5.80. The van der Waals surface area contributed by atoms with Gasteiger partial charge in [-0.05, 0) is 37.0 Å². The number of aromatic nitrogens is 1. The molecule has 0 radical (unpaired) electrons. The van der Waals surface area contributed by atoms with Crippen LogP contribution in [-0.4, -0.2) is 23.5 Å². The van der Waals surface area contributed by atoms with Crippen LogP contribution in [0.15, 0.2) is 35.8 Å². The van der Waals surface area contributed by atoms with Crippen LogP contribution in [0, 0.1) is 0 Å². The zero-order valence-corrected chi connectivity index (χ0v) is 10.8. The molecule has 0 aromatic carbocycles. The van der Waals surface area contributed by atoms with E-state index < -0.39 is 0 Å². The van der Waals surface area contributed by atoms with Crippen LogP contribution in [0.25, 0.3) is 0 Å². The number of rotatable bonds is 5. The highest BCUT2D eigenvalue weighted by atomic mass is 32.1. The van der Waals surface area contributed by atoms with Crippen molar-refractivity contribution in [1.29, 1.82) is 0 Å². The summed E-state index contributed by atoms with van der Waals surface area (Å²) in [6.45, 7) is 1.83. The van der Waals surface area contributed by atoms with E-state index >= 15 is 0 Å². The topological polar surface area (TPSA) is 42.2 Å². The summed E-state index contributed by atoms with van der Waals surface area (Å²) in [4.78, 5) is 7.97. The lowest BCUT2D eigenvalue weighted by molar-refractivity contribution is 0.328. The maximum atomic E-state index is 5.87. The van der Waals surface area contributed by atoms with E-state index in [0.717, 1.165) is 30.9 Å². The van der Waals surface area contributed by atoms with Crippen LogP contribution in [0.5, 0.6) is 0 Å². The Labute approximate surface area is 106 Å². The molecule has 0 amide bonds. The molecule has 0 saturated heterocycles. The summed E-state index contributed by atoms with van der Waals surface area (Å²) in [5.41, 5.74) is 7.61. The molecule has 0 bridgehead atoms. The second-order valence-electron chi connectivity index (χ2n) is 4.11. The molecule has 3 nitrogen and oxygen atoms in total. The van der Waals surface area contributed by atoms with Gasteiger partial charge < -0.3 is 10.6 Å². The van der Waals surface area contributed by atoms with Crippen LogP contribution in [0.4, 0.5) is 5.69 Å². The Morgan fingerprint density at radius 1 is 1.35 bits per heavy atom. The maximum absolute atomic E-state index is 5.87. The van der Waals surface area contributed by atoms with E-state index in [4.69, 9.17) is 5.73 Å². The molecule has 0 unspecified atom stereocenters. The molecule has 90 valence electrons. The minimum absolute atomic E-state index is 0.774.